The Morgan fingerprint density at radius 1 is 0.247 bits per heavy atom. The summed E-state index contributed by atoms with van der Waals surface area (Å²) in [5.74, 6) is -0.860. The van der Waals surface area contributed by atoms with E-state index in [2.05, 4.69) is 69.4 Å². The van der Waals surface area contributed by atoms with E-state index in [9.17, 15) is 14.4 Å². The molecule has 0 saturated heterocycles. The third-order valence-electron chi connectivity index (χ3n) is 16.3. The van der Waals surface area contributed by atoms with Crippen LogP contribution in [0.2, 0.25) is 0 Å². The molecular formula is C75H138O6. The van der Waals surface area contributed by atoms with Crippen LogP contribution in [0, 0.1) is 0 Å². The molecule has 0 aliphatic carbocycles. The molecule has 0 aliphatic heterocycles. The molecule has 0 spiro atoms. The minimum Gasteiger partial charge on any atom is -0.462 e. The molecule has 0 aromatic heterocycles. The predicted octanol–water partition coefficient (Wildman–Crippen LogP) is 24.9. The molecule has 474 valence electrons. The number of unbranched alkanes of at least 4 members (excludes halogenated alkanes) is 48. The number of hydrogen-bond acceptors (Lipinski definition) is 6. The molecule has 0 aromatic rings. The fourth-order valence-corrected chi connectivity index (χ4v) is 10.9. The largest absolute Gasteiger partial charge is 0.462 e. The van der Waals surface area contributed by atoms with Crippen LogP contribution in [0.4, 0.5) is 0 Å². The molecule has 1 atom stereocenters. The number of ether oxygens (including phenoxy) is 3. The molecule has 0 aliphatic rings. The predicted molar refractivity (Wildman–Crippen MR) is 353 cm³/mol. The van der Waals surface area contributed by atoms with Gasteiger partial charge in [-0.1, -0.05) is 339 Å². The molecule has 0 heterocycles. The number of hydrogen-bond donors (Lipinski definition) is 0. The van der Waals surface area contributed by atoms with Crippen LogP contribution in [0.25, 0.3) is 0 Å². The van der Waals surface area contributed by atoms with Crippen molar-refractivity contribution in [1.29, 1.82) is 0 Å². The fraction of sp³-hybridized carbons (Fsp3) is 0.853. The van der Waals surface area contributed by atoms with E-state index in [0.717, 1.165) is 77.0 Å². The average Bonchev–Trinajstić information content (AvgIpc) is 3.47. The van der Waals surface area contributed by atoms with E-state index in [1.54, 1.807) is 0 Å². The maximum atomic E-state index is 13.0. The van der Waals surface area contributed by atoms with E-state index in [1.165, 1.54) is 276 Å². The number of rotatable bonds is 67. The van der Waals surface area contributed by atoms with Crippen molar-refractivity contribution in [2.24, 2.45) is 0 Å². The maximum Gasteiger partial charge on any atom is 0.306 e. The second-order valence-corrected chi connectivity index (χ2v) is 24.5. The molecule has 0 aromatic carbocycles. The summed E-state index contributed by atoms with van der Waals surface area (Å²) in [4.78, 5) is 38.5. The Hall–Kier alpha value is -2.63. The molecule has 0 bridgehead atoms. The van der Waals surface area contributed by atoms with Crippen molar-refractivity contribution >= 4 is 17.9 Å². The van der Waals surface area contributed by atoms with Gasteiger partial charge in [-0.05, 0) is 83.5 Å². The first kappa shape index (κ1) is 78.4. The van der Waals surface area contributed by atoms with Gasteiger partial charge in [0.25, 0.3) is 0 Å². The van der Waals surface area contributed by atoms with Crippen LogP contribution in [-0.2, 0) is 28.6 Å². The molecule has 0 radical (unpaired) electrons. The molecule has 0 saturated carbocycles. The molecule has 81 heavy (non-hydrogen) atoms. The Kier molecular flexibility index (Phi) is 67.6. The van der Waals surface area contributed by atoms with Gasteiger partial charge >= 0.3 is 17.9 Å². The highest BCUT2D eigenvalue weighted by molar-refractivity contribution is 5.71. The first-order valence-corrected chi connectivity index (χ1v) is 36.1. The van der Waals surface area contributed by atoms with E-state index >= 15 is 0 Å². The summed E-state index contributed by atoms with van der Waals surface area (Å²) in [6, 6.07) is 0. The van der Waals surface area contributed by atoms with Gasteiger partial charge in [-0.15, -0.1) is 0 Å². The van der Waals surface area contributed by atoms with Crippen LogP contribution in [0.3, 0.4) is 0 Å². The molecule has 1 unspecified atom stereocenters. The van der Waals surface area contributed by atoms with Gasteiger partial charge in [0.1, 0.15) is 13.2 Å². The van der Waals surface area contributed by atoms with Crippen LogP contribution in [0.1, 0.15) is 393 Å². The Bertz CT molecular complexity index is 1400. The smallest absolute Gasteiger partial charge is 0.306 e. The van der Waals surface area contributed by atoms with Crippen LogP contribution in [0.15, 0.2) is 48.6 Å². The van der Waals surface area contributed by atoms with E-state index < -0.39 is 6.10 Å². The van der Waals surface area contributed by atoms with Crippen molar-refractivity contribution in [3.05, 3.63) is 48.6 Å². The summed E-state index contributed by atoms with van der Waals surface area (Å²) in [7, 11) is 0. The monoisotopic (exact) mass is 1140 g/mol. The lowest BCUT2D eigenvalue weighted by atomic mass is 10.0. The first-order chi connectivity index (χ1) is 40.0. The normalized spacial score (nSPS) is 12.3. The maximum absolute atomic E-state index is 13.0. The van der Waals surface area contributed by atoms with Crippen molar-refractivity contribution in [3.8, 4) is 0 Å². The molecule has 0 fully saturated rings. The SMILES string of the molecule is CCCCCCC/C=C\C/C=C\C/C=C\CCCCCCCCC(=O)OCC(COC(=O)CCCCCCCCCCCCCCCCCCCCCCC)OC(=O)CCCCCCCCCCC/C=C\CCCCCCCCCC. The first-order valence-electron chi connectivity index (χ1n) is 36.1. The topological polar surface area (TPSA) is 78.9 Å². The van der Waals surface area contributed by atoms with Gasteiger partial charge in [0, 0.05) is 19.3 Å². The van der Waals surface area contributed by atoms with Crippen LogP contribution < -0.4 is 0 Å². The van der Waals surface area contributed by atoms with Crippen molar-refractivity contribution in [3.63, 3.8) is 0 Å². The third kappa shape index (κ3) is 68.0. The minimum atomic E-state index is -0.780. The van der Waals surface area contributed by atoms with Crippen LogP contribution >= 0.6 is 0 Å². The summed E-state index contributed by atoms with van der Waals surface area (Å²) >= 11 is 0. The average molecular weight is 1140 g/mol. The van der Waals surface area contributed by atoms with Gasteiger partial charge < -0.3 is 14.2 Å². The lowest BCUT2D eigenvalue weighted by Crippen LogP contribution is -2.30. The lowest BCUT2D eigenvalue weighted by Gasteiger charge is -2.18. The van der Waals surface area contributed by atoms with Gasteiger partial charge in [-0.3, -0.25) is 14.4 Å². The quantitative estimate of drug-likeness (QED) is 0.0261. The van der Waals surface area contributed by atoms with Crippen molar-refractivity contribution in [2.75, 3.05) is 13.2 Å². The van der Waals surface area contributed by atoms with Gasteiger partial charge in [-0.2, -0.15) is 0 Å². The van der Waals surface area contributed by atoms with E-state index in [1.807, 2.05) is 0 Å². The zero-order valence-electron chi connectivity index (χ0n) is 54.6. The van der Waals surface area contributed by atoms with Gasteiger partial charge in [0.2, 0.25) is 0 Å². The molecule has 0 N–H and O–H groups in total. The molecule has 6 nitrogen and oxygen atoms in total. The molecular weight excluding hydrogens is 997 g/mol. The van der Waals surface area contributed by atoms with Crippen LogP contribution in [0.5, 0.6) is 0 Å². The molecule has 0 amide bonds. The van der Waals surface area contributed by atoms with E-state index in [-0.39, 0.29) is 31.1 Å². The van der Waals surface area contributed by atoms with Crippen molar-refractivity contribution in [1.82, 2.24) is 0 Å². The van der Waals surface area contributed by atoms with E-state index in [0.29, 0.717) is 19.3 Å². The number of carbonyl (C=O) groups is 3. The Morgan fingerprint density at radius 3 is 0.704 bits per heavy atom. The Morgan fingerprint density at radius 2 is 0.444 bits per heavy atom. The number of carbonyl (C=O) groups excluding carboxylic acids is 3. The molecule has 6 heteroatoms. The Labute approximate surface area is 505 Å². The van der Waals surface area contributed by atoms with Gasteiger partial charge in [0.05, 0.1) is 0 Å². The highest BCUT2D eigenvalue weighted by Gasteiger charge is 2.19. The highest BCUT2D eigenvalue weighted by Crippen LogP contribution is 2.18. The van der Waals surface area contributed by atoms with Gasteiger partial charge in [-0.25, -0.2) is 0 Å². The number of esters is 3. The zero-order valence-corrected chi connectivity index (χ0v) is 54.6. The van der Waals surface area contributed by atoms with Crippen LogP contribution in [-0.4, -0.2) is 37.2 Å². The fourth-order valence-electron chi connectivity index (χ4n) is 10.9. The number of allylic oxidation sites excluding steroid dienone is 8. The third-order valence-corrected chi connectivity index (χ3v) is 16.3. The van der Waals surface area contributed by atoms with Crippen molar-refractivity contribution < 1.29 is 28.6 Å². The van der Waals surface area contributed by atoms with Gasteiger partial charge in [0.15, 0.2) is 6.10 Å². The minimum absolute atomic E-state index is 0.0739. The summed E-state index contributed by atoms with van der Waals surface area (Å²) < 4.78 is 17.0. The van der Waals surface area contributed by atoms with E-state index in [4.69, 9.17) is 14.2 Å². The second kappa shape index (κ2) is 69.9. The summed E-state index contributed by atoms with van der Waals surface area (Å²) in [6.45, 7) is 6.69. The summed E-state index contributed by atoms with van der Waals surface area (Å²) in [5, 5.41) is 0. The summed E-state index contributed by atoms with van der Waals surface area (Å²) in [5.41, 5.74) is 0. The zero-order chi connectivity index (χ0) is 58.5. The second-order valence-electron chi connectivity index (χ2n) is 24.5. The summed E-state index contributed by atoms with van der Waals surface area (Å²) in [6.07, 6.45) is 88.5. The highest BCUT2D eigenvalue weighted by atomic mass is 16.6. The Balaban J connectivity index is 4.36. The lowest BCUT2D eigenvalue weighted by molar-refractivity contribution is -0.167. The standard InChI is InChI=1S/C75H138O6/c1-4-7-10-13-16-19-22-25-28-31-34-37-40-43-46-49-52-55-58-61-64-67-73(76)79-70-72(81-75(78)69-66-63-60-57-54-51-48-45-42-39-36-33-30-27-24-21-18-15-12-9-6-3)71-80-74(77)68-65-62-59-56-53-50-47-44-41-38-35-32-29-26-23-20-17-14-11-8-5-2/h22,25,31,33-34,36,40,43,72H,4-21,23-24,26-30,32,35,37-39,41-42,44-71H2,1-3H3/b25-22-,34-31-,36-33-,43-40-. The molecule has 0 rings (SSSR count). The van der Waals surface area contributed by atoms with Crippen molar-refractivity contribution in [2.45, 2.75) is 399 Å².